The molecule has 0 aliphatic heterocycles. The van der Waals surface area contributed by atoms with Crippen molar-refractivity contribution in [2.45, 2.75) is 6.67 Å². The Kier molecular flexibility index (Phi) is 4.79. The second-order valence-electron chi connectivity index (χ2n) is 5.92. The third kappa shape index (κ3) is 3.88. The van der Waals surface area contributed by atoms with Crippen LogP contribution >= 0.6 is 0 Å². The number of hydrogen-bond donors (Lipinski definition) is 1. The second kappa shape index (κ2) is 7.70. The van der Waals surface area contributed by atoms with Gasteiger partial charge in [0.05, 0.1) is 7.11 Å². The second-order valence-corrected chi connectivity index (χ2v) is 5.92. The Morgan fingerprint density at radius 1 is 1.07 bits per heavy atom. The summed E-state index contributed by atoms with van der Waals surface area (Å²) >= 11 is 0. The van der Waals surface area contributed by atoms with E-state index in [-0.39, 0.29) is 18.3 Å². The van der Waals surface area contributed by atoms with Crippen molar-refractivity contribution in [3.05, 3.63) is 72.6 Å². The van der Waals surface area contributed by atoms with Gasteiger partial charge in [-0.3, -0.25) is 4.79 Å². The van der Waals surface area contributed by atoms with Crippen LogP contribution in [0.4, 0.5) is 5.69 Å². The summed E-state index contributed by atoms with van der Waals surface area (Å²) in [6.45, 7) is 0.242. The molecule has 0 spiro atoms. The summed E-state index contributed by atoms with van der Waals surface area (Å²) in [5.41, 5.74) is 1.79. The van der Waals surface area contributed by atoms with E-state index < -0.39 is 0 Å². The predicted octanol–water partition coefficient (Wildman–Crippen LogP) is 2.30. The maximum atomic E-state index is 12.4. The van der Waals surface area contributed by atoms with Crippen LogP contribution in [0.1, 0.15) is 10.5 Å². The van der Waals surface area contributed by atoms with Crippen LogP contribution in [0.3, 0.4) is 0 Å². The summed E-state index contributed by atoms with van der Waals surface area (Å²) < 4.78 is 6.72. The topological polar surface area (TPSA) is 99.8 Å². The number of anilines is 1. The summed E-state index contributed by atoms with van der Waals surface area (Å²) in [5.74, 6) is 0.877. The van der Waals surface area contributed by atoms with Crippen molar-refractivity contribution in [3.63, 3.8) is 0 Å². The van der Waals surface area contributed by atoms with Crippen molar-refractivity contribution in [3.8, 4) is 17.1 Å². The van der Waals surface area contributed by atoms with Crippen LogP contribution in [0.25, 0.3) is 11.4 Å². The highest BCUT2D eigenvalue weighted by atomic mass is 16.5. The summed E-state index contributed by atoms with van der Waals surface area (Å²) in [6.07, 6.45) is 1.69. The fourth-order valence-corrected chi connectivity index (χ4v) is 2.59. The average Bonchev–Trinajstić information content (AvgIpc) is 3.39. The lowest BCUT2D eigenvalue weighted by molar-refractivity contribution is 0.102. The normalized spacial score (nSPS) is 10.6. The number of amides is 1. The summed E-state index contributed by atoms with van der Waals surface area (Å²) in [6, 6.07) is 18.3. The Morgan fingerprint density at radius 3 is 2.75 bits per heavy atom. The Labute approximate surface area is 160 Å². The van der Waals surface area contributed by atoms with Gasteiger partial charge in [0.1, 0.15) is 5.75 Å². The predicted molar refractivity (Wildman–Crippen MR) is 102 cm³/mol. The number of tetrazole rings is 1. The van der Waals surface area contributed by atoms with E-state index in [4.69, 9.17) is 4.74 Å². The van der Waals surface area contributed by atoms with E-state index in [1.165, 1.54) is 4.80 Å². The maximum absolute atomic E-state index is 12.4. The van der Waals surface area contributed by atoms with E-state index in [9.17, 15) is 4.79 Å². The fraction of sp³-hybridized carbons (Fsp3) is 0.105. The molecule has 2 aromatic carbocycles. The van der Waals surface area contributed by atoms with Crippen molar-refractivity contribution in [1.29, 1.82) is 0 Å². The van der Waals surface area contributed by atoms with Gasteiger partial charge in [-0.2, -0.15) is 5.10 Å². The number of rotatable bonds is 6. The van der Waals surface area contributed by atoms with Crippen LogP contribution in [0, 0.1) is 0 Å². The first-order valence-electron chi connectivity index (χ1n) is 8.53. The van der Waals surface area contributed by atoms with Crippen LogP contribution < -0.4 is 10.1 Å². The van der Waals surface area contributed by atoms with E-state index in [2.05, 4.69) is 25.8 Å². The van der Waals surface area contributed by atoms with Gasteiger partial charge in [-0.15, -0.1) is 15.0 Å². The molecule has 9 nitrogen and oxygen atoms in total. The monoisotopic (exact) mass is 375 g/mol. The Balaban J connectivity index is 1.43. The number of ether oxygens (including phenoxy) is 1. The zero-order chi connectivity index (χ0) is 19.3. The van der Waals surface area contributed by atoms with E-state index >= 15 is 0 Å². The van der Waals surface area contributed by atoms with Gasteiger partial charge in [0.25, 0.3) is 5.91 Å². The van der Waals surface area contributed by atoms with Crippen molar-refractivity contribution < 1.29 is 9.53 Å². The first kappa shape index (κ1) is 17.4. The molecule has 0 saturated heterocycles. The van der Waals surface area contributed by atoms with Gasteiger partial charge in [-0.05, 0) is 23.4 Å². The highest BCUT2D eigenvalue weighted by Gasteiger charge is 2.11. The lowest BCUT2D eigenvalue weighted by Crippen LogP contribution is -2.15. The molecule has 0 fully saturated rings. The molecule has 0 bridgehead atoms. The number of aromatic nitrogens is 6. The van der Waals surface area contributed by atoms with E-state index in [0.717, 1.165) is 5.56 Å². The highest BCUT2D eigenvalue weighted by Crippen LogP contribution is 2.17. The SMILES string of the molecule is COc1cccc(NC(=O)c2ccn(Cn3nnc(-c4ccccc4)n3)n2)c1. The van der Waals surface area contributed by atoms with Crippen molar-refractivity contribution >= 4 is 11.6 Å². The number of benzene rings is 2. The molecular weight excluding hydrogens is 358 g/mol. The van der Waals surface area contributed by atoms with E-state index in [1.807, 2.05) is 30.3 Å². The molecule has 0 aliphatic rings. The molecule has 2 aromatic heterocycles. The summed E-state index contributed by atoms with van der Waals surface area (Å²) in [5, 5.41) is 19.5. The molecule has 0 aliphatic carbocycles. The largest absolute Gasteiger partial charge is 0.497 e. The first-order valence-corrected chi connectivity index (χ1v) is 8.53. The van der Waals surface area contributed by atoms with Crippen LogP contribution in [-0.4, -0.2) is 43.0 Å². The fourth-order valence-electron chi connectivity index (χ4n) is 2.59. The third-order valence-electron chi connectivity index (χ3n) is 3.96. The molecule has 9 heteroatoms. The standard InChI is InChI=1S/C19H17N7O2/c1-28-16-9-5-8-15(12-16)20-19(27)17-10-11-25(22-17)13-26-23-18(21-24-26)14-6-3-2-4-7-14/h2-12H,13H2,1H3,(H,20,27). The minimum atomic E-state index is -0.316. The minimum Gasteiger partial charge on any atom is -0.497 e. The van der Waals surface area contributed by atoms with Crippen LogP contribution in [0.5, 0.6) is 5.75 Å². The Hall–Kier alpha value is -4.01. The maximum Gasteiger partial charge on any atom is 0.276 e. The molecule has 1 amide bonds. The molecule has 140 valence electrons. The summed E-state index contributed by atoms with van der Waals surface area (Å²) in [7, 11) is 1.57. The van der Waals surface area contributed by atoms with Crippen molar-refractivity contribution in [2.24, 2.45) is 0 Å². The quantitative estimate of drug-likeness (QED) is 0.555. The molecule has 28 heavy (non-hydrogen) atoms. The highest BCUT2D eigenvalue weighted by molar-refractivity contribution is 6.02. The third-order valence-corrected chi connectivity index (χ3v) is 3.96. The number of carbonyl (C=O) groups is 1. The molecule has 0 radical (unpaired) electrons. The molecule has 1 N–H and O–H groups in total. The molecular formula is C19H17N7O2. The molecule has 4 aromatic rings. The zero-order valence-corrected chi connectivity index (χ0v) is 15.1. The van der Waals surface area contributed by atoms with Gasteiger partial charge in [0.15, 0.2) is 12.4 Å². The molecule has 2 heterocycles. The molecule has 0 unspecified atom stereocenters. The smallest absolute Gasteiger partial charge is 0.276 e. The lowest BCUT2D eigenvalue weighted by atomic mass is 10.2. The van der Waals surface area contributed by atoms with Crippen LogP contribution in [0.2, 0.25) is 0 Å². The van der Waals surface area contributed by atoms with Gasteiger partial charge in [0, 0.05) is 23.5 Å². The van der Waals surface area contributed by atoms with Gasteiger partial charge in [0.2, 0.25) is 5.82 Å². The van der Waals surface area contributed by atoms with Gasteiger partial charge < -0.3 is 10.1 Å². The van der Waals surface area contributed by atoms with E-state index in [1.54, 1.807) is 48.3 Å². The number of nitrogens with one attached hydrogen (secondary N) is 1. The van der Waals surface area contributed by atoms with Crippen molar-refractivity contribution in [1.82, 2.24) is 30.0 Å². The number of hydrogen-bond acceptors (Lipinski definition) is 6. The van der Waals surface area contributed by atoms with Crippen molar-refractivity contribution in [2.75, 3.05) is 12.4 Å². The number of methoxy groups -OCH3 is 1. The summed E-state index contributed by atoms with van der Waals surface area (Å²) in [4.78, 5) is 13.8. The number of nitrogens with zero attached hydrogens (tertiary/aromatic N) is 6. The minimum absolute atomic E-state index is 0.242. The van der Waals surface area contributed by atoms with E-state index in [0.29, 0.717) is 17.3 Å². The molecule has 0 saturated carbocycles. The first-order chi connectivity index (χ1) is 13.7. The van der Waals surface area contributed by atoms with Gasteiger partial charge in [-0.1, -0.05) is 36.4 Å². The number of carbonyl (C=O) groups excluding carboxylic acids is 1. The van der Waals surface area contributed by atoms with Gasteiger partial charge >= 0.3 is 0 Å². The molecule has 4 rings (SSSR count). The van der Waals surface area contributed by atoms with Crippen LogP contribution in [0.15, 0.2) is 66.9 Å². The Morgan fingerprint density at radius 2 is 1.93 bits per heavy atom. The van der Waals surface area contributed by atoms with Gasteiger partial charge in [-0.25, -0.2) is 4.68 Å². The lowest BCUT2D eigenvalue weighted by Gasteiger charge is -2.05. The zero-order valence-electron chi connectivity index (χ0n) is 15.1. The average molecular weight is 375 g/mol. The van der Waals surface area contributed by atoms with Crippen LogP contribution in [-0.2, 0) is 6.67 Å². The Bertz CT molecular complexity index is 1090. The molecule has 0 atom stereocenters.